The first kappa shape index (κ1) is 23.7. The summed E-state index contributed by atoms with van der Waals surface area (Å²) in [5, 5.41) is 2.97. The van der Waals surface area contributed by atoms with Gasteiger partial charge in [0.2, 0.25) is 5.91 Å². The van der Waals surface area contributed by atoms with Gasteiger partial charge in [0.15, 0.2) is 0 Å². The number of hydrogen-bond donors (Lipinski definition) is 1. The molecule has 2 fully saturated rings. The van der Waals surface area contributed by atoms with Crippen LogP contribution in [0.4, 0.5) is 9.18 Å². The number of hydrogen-bond acceptors (Lipinski definition) is 4. The maximum absolute atomic E-state index is 13.4. The lowest BCUT2D eigenvalue weighted by Crippen LogP contribution is -2.49. The maximum atomic E-state index is 13.4. The van der Waals surface area contributed by atoms with E-state index in [1.165, 1.54) is 17.0 Å². The minimum Gasteiger partial charge on any atom is -0.497 e. The first-order valence-electron chi connectivity index (χ1n) is 11.6. The summed E-state index contributed by atoms with van der Waals surface area (Å²) < 4.78 is 18.6. The minimum atomic E-state index is -0.820. The summed E-state index contributed by atoms with van der Waals surface area (Å²) in [5.74, 6) is -0.356. The zero-order valence-electron chi connectivity index (χ0n) is 19.6. The predicted octanol–water partition coefficient (Wildman–Crippen LogP) is 3.83. The number of likely N-dealkylation sites (N-methyl/N-ethyl adjacent to an activating group) is 1. The van der Waals surface area contributed by atoms with Crippen LogP contribution < -0.4 is 10.1 Å². The Bertz CT molecular complexity index is 1050. The quantitative estimate of drug-likeness (QED) is 0.628. The van der Waals surface area contributed by atoms with Gasteiger partial charge in [-0.2, -0.15) is 0 Å². The van der Waals surface area contributed by atoms with Gasteiger partial charge in [-0.05, 0) is 54.7 Å². The summed E-state index contributed by atoms with van der Waals surface area (Å²) in [6.07, 6.45) is 4.51. The molecule has 1 N–H and O–H groups in total. The molecular formula is C26H30FN3O4. The highest BCUT2D eigenvalue weighted by Crippen LogP contribution is 2.39. The van der Waals surface area contributed by atoms with Gasteiger partial charge in [-0.1, -0.05) is 43.5 Å². The van der Waals surface area contributed by atoms with Crippen LogP contribution in [0.5, 0.6) is 5.75 Å². The second-order valence-electron chi connectivity index (χ2n) is 9.05. The van der Waals surface area contributed by atoms with E-state index in [9.17, 15) is 18.8 Å². The van der Waals surface area contributed by atoms with Crippen LogP contribution in [0.3, 0.4) is 0 Å². The number of halogens is 1. The average Bonchev–Trinajstić information content (AvgIpc) is 3.02. The van der Waals surface area contributed by atoms with E-state index in [2.05, 4.69) is 5.32 Å². The zero-order valence-corrected chi connectivity index (χ0v) is 19.6. The first-order chi connectivity index (χ1) is 16.3. The molecule has 2 aromatic carbocycles. The van der Waals surface area contributed by atoms with Gasteiger partial charge in [0, 0.05) is 7.05 Å². The van der Waals surface area contributed by atoms with Gasteiger partial charge in [-0.15, -0.1) is 0 Å². The molecule has 0 aromatic heterocycles. The molecule has 34 heavy (non-hydrogen) atoms. The Morgan fingerprint density at radius 1 is 1.06 bits per heavy atom. The van der Waals surface area contributed by atoms with E-state index < -0.39 is 23.5 Å². The summed E-state index contributed by atoms with van der Waals surface area (Å²) in [5.41, 5.74) is 0.856. The SMILES string of the molecule is COc1ccc(C(Cc2ccc(F)cc2)NC(=O)CN2C(=O)N(C)C3(CCCCC3)C2=O)cc1. The first-order valence-corrected chi connectivity index (χ1v) is 11.6. The third-order valence-corrected chi connectivity index (χ3v) is 6.99. The summed E-state index contributed by atoms with van der Waals surface area (Å²) in [7, 11) is 3.23. The minimum absolute atomic E-state index is 0.283. The Kier molecular flexibility index (Phi) is 6.86. The average molecular weight is 468 g/mol. The van der Waals surface area contributed by atoms with Crippen molar-refractivity contribution >= 4 is 17.8 Å². The van der Waals surface area contributed by atoms with Crippen LogP contribution in [0.2, 0.25) is 0 Å². The van der Waals surface area contributed by atoms with Crippen LogP contribution in [0.25, 0.3) is 0 Å². The lowest BCUT2D eigenvalue weighted by Gasteiger charge is -2.35. The fourth-order valence-corrected chi connectivity index (χ4v) is 5.00. The standard InChI is InChI=1S/C26H30FN3O4/c1-29-25(33)30(24(32)26(29)14-4-3-5-15-26)17-23(31)28-22(16-18-6-10-20(27)11-7-18)19-8-12-21(34-2)13-9-19/h6-13,22H,3-5,14-17H2,1-2H3,(H,28,31). The normalized spacial score (nSPS) is 18.3. The van der Waals surface area contributed by atoms with Gasteiger partial charge < -0.3 is 15.0 Å². The van der Waals surface area contributed by atoms with E-state index in [1.54, 1.807) is 38.4 Å². The van der Waals surface area contributed by atoms with Gasteiger partial charge in [0.25, 0.3) is 5.91 Å². The van der Waals surface area contributed by atoms with Crippen LogP contribution in [0, 0.1) is 5.82 Å². The second-order valence-corrected chi connectivity index (χ2v) is 9.05. The van der Waals surface area contributed by atoms with E-state index in [1.807, 2.05) is 12.1 Å². The Labute approximate surface area is 198 Å². The molecule has 4 rings (SSSR count). The van der Waals surface area contributed by atoms with Gasteiger partial charge >= 0.3 is 6.03 Å². The number of urea groups is 1. The van der Waals surface area contributed by atoms with Crippen molar-refractivity contribution in [1.82, 2.24) is 15.1 Å². The highest BCUT2D eigenvalue weighted by Gasteiger charge is 2.55. The molecule has 180 valence electrons. The molecule has 7 nitrogen and oxygen atoms in total. The monoisotopic (exact) mass is 467 g/mol. The van der Waals surface area contributed by atoms with E-state index in [0.29, 0.717) is 25.0 Å². The lowest BCUT2D eigenvalue weighted by atomic mass is 9.81. The lowest BCUT2D eigenvalue weighted by molar-refractivity contribution is -0.137. The number of benzene rings is 2. The molecule has 1 saturated heterocycles. The van der Waals surface area contributed by atoms with Crippen LogP contribution in [-0.4, -0.2) is 53.9 Å². The number of nitrogens with zero attached hydrogens (tertiary/aromatic N) is 2. The Morgan fingerprint density at radius 2 is 1.71 bits per heavy atom. The fourth-order valence-electron chi connectivity index (χ4n) is 5.00. The molecule has 1 unspecified atom stereocenters. The molecule has 2 aliphatic rings. The van der Waals surface area contributed by atoms with Crippen molar-refractivity contribution in [2.24, 2.45) is 0 Å². The molecule has 1 aliphatic heterocycles. The number of carbonyl (C=O) groups excluding carboxylic acids is 3. The molecule has 2 aromatic rings. The molecule has 1 aliphatic carbocycles. The summed E-state index contributed by atoms with van der Waals surface area (Å²) >= 11 is 0. The highest BCUT2D eigenvalue weighted by atomic mass is 19.1. The number of imide groups is 1. The molecule has 1 saturated carbocycles. The Morgan fingerprint density at radius 3 is 2.32 bits per heavy atom. The molecular weight excluding hydrogens is 437 g/mol. The Hall–Kier alpha value is -3.42. The topological polar surface area (TPSA) is 79.0 Å². The third-order valence-electron chi connectivity index (χ3n) is 6.99. The van der Waals surface area contributed by atoms with E-state index in [4.69, 9.17) is 4.74 Å². The third kappa shape index (κ3) is 4.62. The van der Waals surface area contributed by atoms with Crippen LogP contribution in [0.15, 0.2) is 48.5 Å². The van der Waals surface area contributed by atoms with Crippen LogP contribution >= 0.6 is 0 Å². The fraction of sp³-hybridized carbons (Fsp3) is 0.423. The number of nitrogens with one attached hydrogen (secondary N) is 1. The molecule has 4 amide bonds. The summed E-state index contributed by atoms with van der Waals surface area (Å²) in [6.45, 7) is -0.334. The van der Waals surface area contributed by atoms with Gasteiger partial charge in [-0.25, -0.2) is 9.18 Å². The number of methoxy groups -OCH3 is 1. The summed E-state index contributed by atoms with van der Waals surface area (Å²) in [4.78, 5) is 41.7. The number of ether oxygens (including phenoxy) is 1. The highest BCUT2D eigenvalue weighted by molar-refractivity contribution is 6.09. The van der Waals surface area contributed by atoms with Crippen molar-refractivity contribution in [1.29, 1.82) is 0 Å². The molecule has 1 heterocycles. The van der Waals surface area contributed by atoms with Crippen molar-refractivity contribution in [3.63, 3.8) is 0 Å². The van der Waals surface area contributed by atoms with Crippen LogP contribution in [-0.2, 0) is 16.0 Å². The van der Waals surface area contributed by atoms with Crippen LogP contribution in [0.1, 0.15) is 49.3 Å². The Balaban J connectivity index is 1.51. The molecule has 0 radical (unpaired) electrons. The number of rotatable bonds is 7. The number of amides is 4. The van der Waals surface area contributed by atoms with Crippen molar-refractivity contribution in [3.8, 4) is 5.75 Å². The maximum Gasteiger partial charge on any atom is 0.327 e. The smallest absolute Gasteiger partial charge is 0.327 e. The van der Waals surface area contributed by atoms with Crippen molar-refractivity contribution in [3.05, 3.63) is 65.5 Å². The molecule has 1 spiro atoms. The van der Waals surface area contributed by atoms with Crippen molar-refractivity contribution in [2.45, 2.75) is 50.1 Å². The summed E-state index contributed by atoms with van der Waals surface area (Å²) in [6, 6.07) is 12.5. The second kappa shape index (κ2) is 9.83. The molecule has 1 atom stereocenters. The van der Waals surface area contributed by atoms with E-state index >= 15 is 0 Å². The van der Waals surface area contributed by atoms with Gasteiger partial charge in [-0.3, -0.25) is 14.5 Å². The predicted molar refractivity (Wildman–Crippen MR) is 125 cm³/mol. The van der Waals surface area contributed by atoms with Crippen molar-refractivity contribution < 1.29 is 23.5 Å². The number of carbonyl (C=O) groups is 3. The van der Waals surface area contributed by atoms with Crippen molar-refractivity contribution in [2.75, 3.05) is 20.7 Å². The van der Waals surface area contributed by atoms with E-state index in [0.717, 1.165) is 35.3 Å². The van der Waals surface area contributed by atoms with Gasteiger partial charge in [0.05, 0.1) is 13.2 Å². The molecule has 8 heteroatoms. The largest absolute Gasteiger partial charge is 0.497 e. The van der Waals surface area contributed by atoms with E-state index in [-0.39, 0.29) is 18.3 Å². The zero-order chi connectivity index (χ0) is 24.3. The van der Waals surface area contributed by atoms with Gasteiger partial charge in [0.1, 0.15) is 23.7 Å². The molecule has 0 bridgehead atoms.